The van der Waals surface area contributed by atoms with Crippen LogP contribution in [0.25, 0.3) is 11.2 Å². The molecule has 0 radical (unpaired) electrons. The van der Waals surface area contributed by atoms with Gasteiger partial charge in [0.15, 0.2) is 10.8 Å². The number of carbonyl (C=O) groups is 2. The maximum absolute atomic E-state index is 12.0. The van der Waals surface area contributed by atoms with Gasteiger partial charge in [0, 0.05) is 19.8 Å². The number of halogens is 1. The van der Waals surface area contributed by atoms with Gasteiger partial charge in [-0.25, -0.2) is 9.97 Å². The van der Waals surface area contributed by atoms with Gasteiger partial charge in [-0.15, -0.1) is 0 Å². The zero-order chi connectivity index (χ0) is 16.8. The lowest BCUT2D eigenvalue weighted by Gasteiger charge is -2.16. The van der Waals surface area contributed by atoms with Crippen LogP contribution in [-0.4, -0.2) is 57.6 Å². The summed E-state index contributed by atoms with van der Waals surface area (Å²) in [5.41, 5.74) is 1.27. The molecule has 0 aliphatic heterocycles. The molecule has 0 fully saturated rings. The van der Waals surface area contributed by atoms with Crippen LogP contribution in [-0.2, 0) is 9.59 Å². The van der Waals surface area contributed by atoms with E-state index in [1.54, 1.807) is 13.1 Å². The highest BCUT2D eigenvalue weighted by atomic mass is 35.5. The van der Waals surface area contributed by atoms with Crippen LogP contribution in [0.3, 0.4) is 0 Å². The van der Waals surface area contributed by atoms with E-state index in [1.807, 2.05) is 6.92 Å². The van der Waals surface area contributed by atoms with Crippen molar-refractivity contribution in [1.29, 1.82) is 0 Å². The first-order chi connectivity index (χ1) is 11.0. The number of hydrogen-bond donors (Lipinski definition) is 2. The van der Waals surface area contributed by atoms with E-state index < -0.39 is 0 Å². The Hall–Kier alpha value is -1.80. The molecule has 0 aliphatic carbocycles. The van der Waals surface area contributed by atoms with E-state index in [4.69, 9.17) is 11.6 Å². The van der Waals surface area contributed by atoms with E-state index in [-0.39, 0.29) is 24.1 Å². The minimum absolute atomic E-state index is 0.0523. The van der Waals surface area contributed by atoms with Crippen molar-refractivity contribution in [2.75, 3.05) is 25.9 Å². The molecule has 7 nitrogen and oxygen atoms in total. The molecule has 0 aliphatic rings. The number of nitrogens with one attached hydrogen (secondary N) is 2. The molecule has 2 rings (SSSR count). The second kappa shape index (κ2) is 8.16. The summed E-state index contributed by atoms with van der Waals surface area (Å²) in [6, 6.07) is 1.73. The number of aromatic amines is 1. The van der Waals surface area contributed by atoms with Crippen LogP contribution in [0.2, 0.25) is 5.02 Å². The Labute approximate surface area is 143 Å². The van der Waals surface area contributed by atoms with Gasteiger partial charge in [0.05, 0.1) is 22.8 Å². The molecule has 2 aromatic rings. The minimum Gasteiger partial charge on any atom is -0.355 e. The van der Waals surface area contributed by atoms with Crippen LogP contribution in [0, 0.1) is 0 Å². The summed E-state index contributed by atoms with van der Waals surface area (Å²) in [6.07, 6.45) is 2.39. The smallest absolute Gasteiger partial charge is 0.239 e. The van der Waals surface area contributed by atoms with Gasteiger partial charge in [-0.1, -0.05) is 30.3 Å². The molecular formula is C14H18ClN5O2S. The number of carbonyl (C=O) groups excluding carboxylic acids is 2. The normalized spacial score (nSPS) is 10.7. The van der Waals surface area contributed by atoms with Crippen molar-refractivity contribution in [3.8, 4) is 0 Å². The summed E-state index contributed by atoms with van der Waals surface area (Å²) in [7, 11) is 1.61. The summed E-state index contributed by atoms with van der Waals surface area (Å²) < 4.78 is 0. The second-order valence-electron chi connectivity index (χ2n) is 4.96. The molecular weight excluding hydrogens is 338 g/mol. The van der Waals surface area contributed by atoms with Gasteiger partial charge in [0.2, 0.25) is 11.8 Å². The molecule has 2 N–H and O–H groups in total. The summed E-state index contributed by atoms with van der Waals surface area (Å²) >= 11 is 7.13. The van der Waals surface area contributed by atoms with Gasteiger partial charge in [0.25, 0.3) is 0 Å². The Kier molecular flexibility index (Phi) is 6.23. The molecule has 0 spiro atoms. The van der Waals surface area contributed by atoms with E-state index in [0.717, 1.165) is 11.9 Å². The molecule has 124 valence electrons. The lowest BCUT2D eigenvalue weighted by atomic mass is 10.4. The Morgan fingerprint density at radius 2 is 2.26 bits per heavy atom. The standard InChI is InChI=1S/C14H18ClN5O2S/c1-3-4-16-11(21)7-20(2)12(22)8-23-14-18-10-5-9(15)6-17-13(10)19-14/h5-6H,3-4,7-8H2,1-2H3,(H,16,21)(H,17,18,19). The number of thioether (sulfide) groups is 1. The SMILES string of the molecule is CCCNC(=O)CN(C)C(=O)CSc1nc2ncc(Cl)cc2[nH]1. The molecule has 2 aromatic heterocycles. The van der Waals surface area contributed by atoms with Gasteiger partial charge >= 0.3 is 0 Å². The molecule has 0 saturated carbocycles. The number of hydrogen-bond acceptors (Lipinski definition) is 5. The van der Waals surface area contributed by atoms with E-state index in [0.29, 0.717) is 22.4 Å². The lowest BCUT2D eigenvalue weighted by molar-refractivity contribution is -0.132. The highest BCUT2D eigenvalue weighted by Crippen LogP contribution is 2.20. The third kappa shape index (κ3) is 5.11. The van der Waals surface area contributed by atoms with Crippen molar-refractivity contribution >= 4 is 46.3 Å². The van der Waals surface area contributed by atoms with Crippen LogP contribution < -0.4 is 5.32 Å². The maximum Gasteiger partial charge on any atom is 0.239 e. The molecule has 0 aromatic carbocycles. The molecule has 23 heavy (non-hydrogen) atoms. The number of rotatable bonds is 7. The van der Waals surface area contributed by atoms with Crippen LogP contribution in [0.1, 0.15) is 13.3 Å². The largest absolute Gasteiger partial charge is 0.355 e. The van der Waals surface area contributed by atoms with E-state index >= 15 is 0 Å². The number of amides is 2. The quantitative estimate of drug-likeness (QED) is 0.737. The molecule has 0 bridgehead atoms. The number of nitrogens with zero attached hydrogens (tertiary/aromatic N) is 3. The third-order valence-electron chi connectivity index (χ3n) is 2.99. The lowest BCUT2D eigenvalue weighted by Crippen LogP contribution is -2.39. The number of likely N-dealkylation sites (N-methyl/N-ethyl adjacent to an activating group) is 1. The Balaban J connectivity index is 1.86. The monoisotopic (exact) mass is 355 g/mol. The van der Waals surface area contributed by atoms with Crippen LogP contribution >= 0.6 is 23.4 Å². The van der Waals surface area contributed by atoms with E-state index in [9.17, 15) is 9.59 Å². The fourth-order valence-electron chi connectivity index (χ4n) is 1.79. The Morgan fingerprint density at radius 3 is 3.00 bits per heavy atom. The van der Waals surface area contributed by atoms with Crippen molar-refractivity contribution in [3.05, 3.63) is 17.3 Å². The van der Waals surface area contributed by atoms with Gasteiger partial charge < -0.3 is 15.2 Å². The zero-order valence-corrected chi connectivity index (χ0v) is 14.5. The van der Waals surface area contributed by atoms with Crippen molar-refractivity contribution in [2.45, 2.75) is 18.5 Å². The Morgan fingerprint density at radius 1 is 1.48 bits per heavy atom. The van der Waals surface area contributed by atoms with Gasteiger partial charge in [-0.05, 0) is 12.5 Å². The first-order valence-electron chi connectivity index (χ1n) is 7.14. The molecule has 0 atom stereocenters. The zero-order valence-electron chi connectivity index (χ0n) is 12.9. The van der Waals surface area contributed by atoms with E-state index in [2.05, 4.69) is 20.3 Å². The van der Waals surface area contributed by atoms with E-state index in [1.165, 1.54) is 22.9 Å². The average Bonchev–Trinajstić information content (AvgIpc) is 2.92. The summed E-state index contributed by atoms with van der Waals surface area (Å²) in [6.45, 7) is 2.64. The maximum atomic E-state index is 12.0. The third-order valence-corrected chi connectivity index (χ3v) is 4.06. The molecule has 0 unspecified atom stereocenters. The van der Waals surface area contributed by atoms with Crippen LogP contribution in [0.5, 0.6) is 0 Å². The van der Waals surface area contributed by atoms with Crippen molar-refractivity contribution in [1.82, 2.24) is 25.2 Å². The highest BCUT2D eigenvalue weighted by molar-refractivity contribution is 7.99. The minimum atomic E-state index is -0.157. The summed E-state index contributed by atoms with van der Waals surface area (Å²) in [5, 5.41) is 3.85. The fraction of sp³-hybridized carbons (Fsp3) is 0.429. The summed E-state index contributed by atoms with van der Waals surface area (Å²) in [4.78, 5) is 36.5. The van der Waals surface area contributed by atoms with Crippen LogP contribution in [0.15, 0.2) is 17.4 Å². The fourth-order valence-corrected chi connectivity index (χ4v) is 2.76. The molecule has 9 heteroatoms. The Bertz CT molecular complexity index is 706. The number of pyridine rings is 1. The first-order valence-corrected chi connectivity index (χ1v) is 8.50. The van der Waals surface area contributed by atoms with Gasteiger partial charge in [-0.3, -0.25) is 9.59 Å². The second-order valence-corrected chi connectivity index (χ2v) is 6.36. The van der Waals surface area contributed by atoms with Crippen molar-refractivity contribution < 1.29 is 9.59 Å². The van der Waals surface area contributed by atoms with Gasteiger partial charge in [-0.2, -0.15) is 0 Å². The number of imidazole rings is 1. The molecule has 0 saturated heterocycles. The van der Waals surface area contributed by atoms with Crippen LogP contribution in [0.4, 0.5) is 0 Å². The molecule has 2 heterocycles. The topological polar surface area (TPSA) is 91.0 Å². The predicted octanol–water partition coefficient (Wildman–Crippen LogP) is 1.69. The number of H-pyrrole nitrogens is 1. The average molecular weight is 356 g/mol. The molecule has 2 amide bonds. The summed E-state index contributed by atoms with van der Waals surface area (Å²) in [5.74, 6) is -0.117. The predicted molar refractivity (Wildman–Crippen MR) is 90.6 cm³/mol. The van der Waals surface area contributed by atoms with Crippen molar-refractivity contribution in [3.63, 3.8) is 0 Å². The highest BCUT2D eigenvalue weighted by Gasteiger charge is 2.14. The number of fused-ring (bicyclic) bond motifs is 1. The van der Waals surface area contributed by atoms with Crippen molar-refractivity contribution in [2.24, 2.45) is 0 Å². The van der Waals surface area contributed by atoms with Gasteiger partial charge in [0.1, 0.15) is 0 Å². The first kappa shape index (κ1) is 17.6. The number of aromatic nitrogens is 3.